The zero-order valence-electron chi connectivity index (χ0n) is 16.8. The van der Waals surface area contributed by atoms with Crippen LogP contribution in [0.1, 0.15) is 70.0 Å². The van der Waals surface area contributed by atoms with Gasteiger partial charge in [0, 0.05) is 6.54 Å². The SMILES string of the molecule is CC(C)(C)c1ccc(C2CCCN2C(=O)CN2CCCCC2C(=O)O)cc1. The number of carbonyl (C=O) groups is 2. The Morgan fingerprint density at radius 3 is 2.37 bits per heavy atom. The number of carboxylic acid groups (broad SMARTS) is 1. The molecule has 3 rings (SSSR count). The molecule has 2 aliphatic rings. The summed E-state index contributed by atoms with van der Waals surface area (Å²) >= 11 is 0. The minimum atomic E-state index is -0.807. The second-order valence-electron chi connectivity index (χ2n) is 8.94. The molecule has 0 saturated carbocycles. The summed E-state index contributed by atoms with van der Waals surface area (Å²) in [5.41, 5.74) is 2.59. The van der Waals surface area contributed by atoms with E-state index < -0.39 is 12.0 Å². The summed E-state index contributed by atoms with van der Waals surface area (Å²) in [5, 5.41) is 9.44. The molecule has 2 unspecified atom stereocenters. The van der Waals surface area contributed by atoms with E-state index in [1.165, 1.54) is 11.1 Å². The first kappa shape index (κ1) is 19.9. The van der Waals surface area contributed by atoms with Gasteiger partial charge in [-0.3, -0.25) is 14.5 Å². The van der Waals surface area contributed by atoms with Gasteiger partial charge in [-0.1, -0.05) is 51.5 Å². The molecule has 1 amide bonds. The van der Waals surface area contributed by atoms with E-state index in [-0.39, 0.29) is 23.9 Å². The second kappa shape index (κ2) is 8.01. The van der Waals surface area contributed by atoms with E-state index in [1.54, 1.807) is 0 Å². The fourth-order valence-electron chi connectivity index (χ4n) is 4.34. The molecule has 1 aromatic carbocycles. The molecule has 5 nitrogen and oxygen atoms in total. The number of hydrogen-bond acceptors (Lipinski definition) is 3. The minimum absolute atomic E-state index is 0.0607. The highest BCUT2D eigenvalue weighted by Crippen LogP contribution is 2.33. The molecule has 2 heterocycles. The number of hydrogen-bond donors (Lipinski definition) is 1. The van der Waals surface area contributed by atoms with Crippen LogP contribution in [0.4, 0.5) is 0 Å². The van der Waals surface area contributed by atoms with Crippen LogP contribution in [0.2, 0.25) is 0 Å². The van der Waals surface area contributed by atoms with Crippen LogP contribution in [0.5, 0.6) is 0 Å². The van der Waals surface area contributed by atoms with Crippen molar-refractivity contribution >= 4 is 11.9 Å². The minimum Gasteiger partial charge on any atom is -0.480 e. The van der Waals surface area contributed by atoms with Gasteiger partial charge in [0.15, 0.2) is 0 Å². The van der Waals surface area contributed by atoms with E-state index in [2.05, 4.69) is 45.0 Å². The third-order valence-electron chi connectivity index (χ3n) is 5.97. The predicted molar refractivity (Wildman–Crippen MR) is 106 cm³/mol. The lowest BCUT2D eigenvalue weighted by Crippen LogP contribution is -2.49. The zero-order valence-corrected chi connectivity index (χ0v) is 16.8. The summed E-state index contributed by atoms with van der Waals surface area (Å²) in [6.07, 6.45) is 4.51. The maximum atomic E-state index is 13.0. The number of benzene rings is 1. The highest BCUT2D eigenvalue weighted by atomic mass is 16.4. The van der Waals surface area contributed by atoms with E-state index >= 15 is 0 Å². The highest BCUT2D eigenvalue weighted by molar-refractivity contribution is 5.80. The van der Waals surface area contributed by atoms with Crippen LogP contribution in [-0.4, -0.2) is 52.5 Å². The third-order valence-corrected chi connectivity index (χ3v) is 5.97. The molecule has 2 atom stereocenters. The van der Waals surface area contributed by atoms with E-state index in [1.807, 2.05) is 9.80 Å². The molecule has 1 N–H and O–H groups in total. The van der Waals surface area contributed by atoms with Crippen molar-refractivity contribution in [2.75, 3.05) is 19.6 Å². The van der Waals surface area contributed by atoms with Crippen molar-refractivity contribution in [3.05, 3.63) is 35.4 Å². The van der Waals surface area contributed by atoms with Crippen molar-refractivity contribution in [2.45, 2.75) is 70.4 Å². The summed E-state index contributed by atoms with van der Waals surface area (Å²) in [4.78, 5) is 28.3. The fraction of sp³-hybridized carbons (Fsp3) is 0.636. The first-order chi connectivity index (χ1) is 12.8. The van der Waals surface area contributed by atoms with E-state index in [9.17, 15) is 14.7 Å². The van der Waals surface area contributed by atoms with E-state index in [0.29, 0.717) is 13.0 Å². The van der Waals surface area contributed by atoms with Crippen LogP contribution in [0.3, 0.4) is 0 Å². The summed E-state index contributed by atoms with van der Waals surface area (Å²) in [6.45, 7) is 8.27. The number of rotatable bonds is 4. The Bertz CT molecular complexity index is 678. The standard InChI is InChI=1S/C22H32N2O3/c1-22(2,3)17-11-9-16(10-12-17)18-8-6-14-24(18)20(25)15-23-13-5-4-7-19(23)21(26)27/h9-12,18-19H,4-8,13-15H2,1-3H3,(H,26,27). The molecule has 0 bridgehead atoms. The summed E-state index contributed by atoms with van der Waals surface area (Å²) < 4.78 is 0. The summed E-state index contributed by atoms with van der Waals surface area (Å²) in [5.74, 6) is -0.746. The number of carboxylic acids is 1. The van der Waals surface area contributed by atoms with Crippen molar-refractivity contribution in [1.29, 1.82) is 0 Å². The zero-order chi connectivity index (χ0) is 19.6. The molecular formula is C22H32N2O3. The monoisotopic (exact) mass is 372 g/mol. The van der Waals surface area contributed by atoms with Crippen molar-refractivity contribution in [1.82, 2.24) is 9.80 Å². The quantitative estimate of drug-likeness (QED) is 0.877. The van der Waals surface area contributed by atoms with Gasteiger partial charge in [0.1, 0.15) is 6.04 Å². The van der Waals surface area contributed by atoms with E-state index in [4.69, 9.17) is 0 Å². The molecule has 0 spiro atoms. The van der Waals surface area contributed by atoms with Gasteiger partial charge in [0.25, 0.3) is 0 Å². The molecule has 27 heavy (non-hydrogen) atoms. The summed E-state index contributed by atoms with van der Waals surface area (Å²) in [7, 11) is 0. The van der Waals surface area contributed by atoms with Crippen LogP contribution >= 0.6 is 0 Å². The first-order valence-electron chi connectivity index (χ1n) is 10.1. The van der Waals surface area contributed by atoms with Crippen LogP contribution in [0, 0.1) is 0 Å². The Morgan fingerprint density at radius 1 is 1.04 bits per heavy atom. The van der Waals surface area contributed by atoms with Crippen molar-refractivity contribution in [2.24, 2.45) is 0 Å². The maximum Gasteiger partial charge on any atom is 0.320 e. The number of amides is 1. The predicted octanol–water partition coefficient (Wildman–Crippen LogP) is 3.59. The Hall–Kier alpha value is -1.88. The lowest BCUT2D eigenvalue weighted by atomic mass is 9.86. The lowest BCUT2D eigenvalue weighted by Gasteiger charge is -2.34. The smallest absolute Gasteiger partial charge is 0.320 e. The van der Waals surface area contributed by atoms with Gasteiger partial charge in [-0.25, -0.2) is 0 Å². The van der Waals surface area contributed by atoms with Crippen molar-refractivity contribution < 1.29 is 14.7 Å². The Morgan fingerprint density at radius 2 is 1.74 bits per heavy atom. The molecule has 5 heteroatoms. The van der Waals surface area contributed by atoms with Gasteiger partial charge in [0.2, 0.25) is 5.91 Å². The topological polar surface area (TPSA) is 60.9 Å². The largest absolute Gasteiger partial charge is 0.480 e. The average molecular weight is 373 g/mol. The molecule has 0 aliphatic carbocycles. The average Bonchev–Trinajstić information content (AvgIpc) is 3.11. The molecule has 0 radical (unpaired) electrons. The summed E-state index contributed by atoms with van der Waals surface area (Å²) in [6, 6.07) is 8.23. The number of likely N-dealkylation sites (tertiary alicyclic amines) is 2. The molecule has 0 aromatic heterocycles. The van der Waals surface area contributed by atoms with Gasteiger partial charge in [0.05, 0.1) is 12.6 Å². The Kier molecular flexibility index (Phi) is 5.89. The van der Waals surface area contributed by atoms with E-state index in [0.717, 1.165) is 32.2 Å². The van der Waals surface area contributed by atoms with Crippen LogP contribution in [0.15, 0.2) is 24.3 Å². The fourth-order valence-corrected chi connectivity index (χ4v) is 4.34. The van der Waals surface area contributed by atoms with Crippen LogP contribution in [0.25, 0.3) is 0 Å². The van der Waals surface area contributed by atoms with Crippen LogP contribution in [-0.2, 0) is 15.0 Å². The number of carbonyl (C=O) groups excluding carboxylic acids is 1. The lowest BCUT2D eigenvalue weighted by molar-refractivity contribution is -0.146. The van der Waals surface area contributed by atoms with Gasteiger partial charge in [-0.2, -0.15) is 0 Å². The normalized spacial score (nSPS) is 24.2. The highest BCUT2D eigenvalue weighted by Gasteiger charge is 2.34. The molecule has 2 aliphatic heterocycles. The third kappa shape index (κ3) is 4.52. The van der Waals surface area contributed by atoms with Crippen LogP contribution < -0.4 is 0 Å². The van der Waals surface area contributed by atoms with Gasteiger partial charge in [-0.15, -0.1) is 0 Å². The second-order valence-corrected chi connectivity index (χ2v) is 8.94. The first-order valence-corrected chi connectivity index (χ1v) is 10.1. The Balaban J connectivity index is 1.70. The van der Waals surface area contributed by atoms with Crippen molar-refractivity contribution in [3.63, 3.8) is 0 Å². The molecule has 1 aromatic rings. The maximum absolute atomic E-state index is 13.0. The van der Waals surface area contributed by atoms with Gasteiger partial charge < -0.3 is 10.0 Å². The molecule has 2 fully saturated rings. The van der Waals surface area contributed by atoms with Gasteiger partial charge in [-0.05, 0) is 48.8 Å². The number of piperidine rings is 1. The number of aliphatic carboxylic acids is 1. The van der Waals surface area contributed by atoms with Crippen molar-refractivity contribution in [3.8, 4) is 0 Å². The molecular weight excluding hydrogens is 340 g/mol. The van der Waals surface area contributed by atoms with Gasteiger partial charge >= 0.3 is 5.97 Å². The molecule has 2 saturated heterocycles. The number of nitrogens with zero attached hydrogens (tertiary/aromatic N) is 2. The Labute approximate surface area is 162 Å². The molecule has 148 valence electrons.